The van der Waals surface area contributed by atoms with Crippen molar-refractivity contribution in [3.8, 4) is 0 Å². The molecule has 1 spiro atoms. The summed E-state index contributed by atoms with van der Waals surface area (Å²) in [6, 6.07) is 2.52. The molecule has 3 saturated heterocycles. The van der Waals surface area contributed by atoms with Crippen LogP contribution in [0.25, 0.3) is 0 Å². The molecular formula is C30H44ClN3O4S. The third kappa shape index (κ3) is 5.33. The number of nitrogens with zero attached hydrogens (tertiary/aromatic N) is 2. The van der Waals surface area contributed by atoms with Gasteiger partial charge in [-0.2, -0.15) is 11.8 Å². The number of nitrogens with one attached hydrogen (secondary N) is 1. The number of alkyl halides is 1. The third-order valence-corrected chi connectivity index (χ3v) is 12.4. The molecule has 1 saturated carbocycles. The Bertz CT molecular complexity index is 1150. The van der Waals surface area contributed by atoms with Crippen molar-refractivity contribution in [1.29, 1.82) is 0 Å². The molecule has 1 aromatic heterocycles. The summed E-state index contributed by atoms with van der Waals surface area (Å²) >= 11 is 8.54. The Morgan fingerprint density at radius 3 is 2.82 bits per heavy atom. The van der Waals surface area contributed by atoms with Gasteiger partial charge in [-0.1, -0.05) is 0 Å². The fourth-order valence-electron chi connectivity index (χ4n) is 8.71. The number of carboxylic acid groups (broad SMARTS) is 1. The van der Waals surface area contributed by atoms with Crippen LogP contribution in [-0.2, 0) is 28.9 Å². The molecule has 0 aromatic carbocycles. The SMILES string of the molecule is Cc1cc2c(c(=O)n1CCOC1CCC(Cl)CC1C1CC(C)NC3C(C(=O)O)CSC13)CC1(CC2)CN(C)C1. The zero-order valence-electron chi connectivity index (χ0n) is 23.5. The molecule has 3 aliphatic heterocycles. The number of rotatable bonds is 6. The van der Waals surface area contributed by atoms with Gasteiger partial charge >= 0.3 is 5.97 Å². The van der Waals surface area contributed by atoms with Crippen molar-refractivity contribution in [3.05, 3.63) is 33.2 Å². The first kappa shape index (κ1) is 28.1. The maximum Gasteiger partial charge on any atom is 0.308 e. The van der Waals surface area contributed by atoms with Gasteiger partial charge in [-0.15, -0.1) is 11.6 Å². The Kier molecular flexibility index (Phi) is 7.90. The topological polar surface area (TPSA) is 83.8 Å². The molecule has 5 aliphatic rings. The van der Waals surface area contributed by atoms with Crippen molar-refractivity contribution < 1.29 is 14.6 Å². The summed E-state index contributed by atoms with van der Waals surface area (Å²) in [6.07, 6.45) is 7.00. The van der Waals surface area contributed by atoms with Crippen LogP contribution in [0.15, 0.2) is 10.9 Å². The first-order valence-electron chi connectivity index (χ1n) is 14.9. The Morgan fingerprint density at radius 2 is 2.08 bits per heavy atom. The number of aryl methyl sites for hydroxylation is 2. The number of carbonyl (C=O) groups is 1. The van der Waals surface area contributed by atoms with Crippen LogP contribution in [0.5, 0.6) is 0 Å². The van der Waals surface area contributed by atoms with Gasteiger partial charge in [0.1, 0.15) is 0 Å². The predicted octanol–water partition coefficient (Wildman–Crippen LogP) is 3.55. The number of aromatic nitrogens is 1. The minimum Gasteiger partial charge on any atom is -0.481 e. The number of aliphatic carboxylic acids is 1. The van der Waals surface area contributed by atoms with Gasteiger partial charge in [0.15, 0.2) is 0 Å². The number of carboxylic acids is 1. The van der Waals surface area contributed by atoms with Gasteiger partial charge < -0.3 is 24.6 Å². The largest absolute Gasteiger partial charge is 0.481 e. The lowest BCUT2D eigenvalue weighted by molar-refractivity contribution is -0.142. The van der Waals surface area contributed by atoms with Crippen molar-refractivity contribution in [3.63, 3.8) is 0 Å². The van der Waals surface area contributed by atoms with Crippen LogP contribution in [0.4, 0.5) is 0 Å². The van der Waals surface area contributed by atoms with Gasteiger partial charge in [0.2, 0.25) is 0 Å². The molecule has 2 aliphatic carbocycles. The van der Waals surface area contributed by atoms with Crippen molar-refractivity contribution in [1.82, 2.24) is 14.8 Å². The van der Waals surface area contributed by atoms with Gasteiger partial charge in [0.25, 0.3) is 5.56 Å². The molecule has 4 heterocycles. The quantitative estimate of drug-likeness (QED) is 0.500. The summed E-state index contributed by atoms with van der Waals surface area (Å²) in [5, 5.41) is 13.8. The molecule has 7 nitrogen and oxygen atoms in total. The van der Waals surface area contributed by atoms with E-state index in [1.165, 1.54) is 12.0 Å². The fraction of sp³-hybridized carbons (Fsp3) is 0.800. The van der Waals surface area contributed by atoms with Crippen LogP contribution in [0.3, 0.4) is 0 Å². The van der Waals surface area contributed by atoms with E-state index in [4.69, 9.17) is 16.3 Å². The summed E-state index contributed by atoms with van der Waals surface area (Å²) in [5.41, 5.74) is 3.78. The highest BCUT2D eigenvalue weighted by molar-refractivity contribution is 8.00. The molecule has 216 valence electrons. The van der Waals surface area contributed by atoms with Gasteiger partial charge in [0.05, 0.1) is 18.6 Å². The monoisotopic (exact) mass is 577 g/mol. The molecule has 0 bridgehead atoms. The van der Waals surface area contributed by atoms with Crippen LogP contribution in [0.2, 0.25) is 0 Å². The second-order valence-corrected chi connectivity index (χ2v) is 15.1. The van der Waals surface area contributed by atoms with Gasteiger partial charge in [0, 0.05) is 64.8 Å². The second-order valence-electron chi connectivity index (χ2n) is 13.3. The highest BCUT2D eigenvalue weighted by atomic mass is 35.5. The van der Waals surface area contributed by atoms with Crippen LogP contribution >= 0.6 is 23.4 Å². The molecule has 0 radical (unpaired) electrons. The lowest BCUT2D eigenvalue weighted by atomic mass is 9.67. The predicted molar refractivity (Wildman–Crippen MR) is 156 cm³/mol. The average Bonchev–Trinajstić information content (AvgIpc) is 3.30. The number of hydrogen-bond acceptors (Lipinski definition) is 6. The first-order chi connectivity index (χ1) is 18.6. The van der Waals surface area contributed by atoms with E-state index >= 15 is 0 Å². The van der Waals surface area contributed by atoms with E-state index in [1.54, 1.807) is 0 Å². The molecule has 4 fully saturated rings. The van der Waals surface area contributed by atoms with Crippen LogP contribution in [-0.4, -0.2) is 81.9 Å². The summed E-state index contributed by atoms with van der Waals surface area (Å²) in [5.74, 6) is 0.343. The molecule has 1 aromatic rings. The summed E-state index contributed by atoms with van der Waals surface area (Å²) in [6.45, 7) is 7.51. The number of thioether (sulfide) groups is 1. The number of likely N-dealkylation sites (tertiary alicyclic amines) is 1. The van der Waals surface area contributed by atoms with Crippen molar-refractivity contribution in [2.75, 3.05) is 32.5 Å². The van der Waals surface area contributed by atoms with Crippen molar-refractivity contribution in [2.24, 2.45) is 23.2 Å². The van der Waals surface area contributed by atoms with E-state index in [-0.39, 0.29) is 40.3 Å². The second kappa shape index (κ2) is 11.0. The van der Waals surface area contributed by atoms with E-state index in [0.717, 1.165) is 62.9 Å². The Hall–Kier alpha value is -1.06. The minimum atomic E-state index is -0.692. The smallest absolute Gasteiger partial charge is 0.308 e. The van der Waals surface area contributed by atoms with E-state index in [2.05, 4.69) is 37.2 Å². The van der Waals surface area contributed by atoms with Crippen molar-refractivity contribution >= 4 is 29.3 Å². The zero-order chi connectivity index (χ0) is 27.5. The molecule has 8 atom stereocenters. The molecule has 9 heteroatoms. The first-order valence-corrected chi connectivity index (χ1v) is 16.4. The van der Waals surface area contributed by atoms with Crippen LogP contribution < -0.4 is 10.9 Å². The van der Waals surface area contributed by atoms with Crippen LogP contribution in [0.1, 0.15) is 55.8 Å². The number of hydrogen-bond donors (Lipinski definition) is 2. The van der Waals surface area contributed by atoms with Gasteiger partial charge in [-0.25, -0.2) is 0 Å². The summed E-state index contributed by atoms with van der Waals surface area (Å²) in [7, 11) is 2.16. The fourth-order valence-corrected chi connectivity index (χ4v) is 10.9. The average molecular weight is 578 g/mol. The zero-order valence-corrected chi connectivity index (χ0v) is 25.1. The number of fused-ring (bicyclic) bond motifs is 2. The van der Waals surface area contributed by atoms with E-state index in [1.807, 2.05) is 16.3 Å². The molecule has 8 unspecified atom stereocenters. The van der Waals surface area contributed by atoms with E-state index < -0.39 is 5.97 Å². The third-order valence-electron chi connectivity index (χ3n) is 10.5. The summed E-state index contributed by atoms with van der Waals surface area (Å²) < 4.78 is 8.57. The normalized spacial score (nSPS) is 37.7. The highest BCUT2D eigenvalue weighted by Crippen LogP contribution is 2.48. The molecule has 2 N–H and O–H groups in total. The van der Waals surface area contributed by atoms with E-state index in [0.29, 0.717) is 36.2 Å². The molecule has 0 amide bonds. The lowest BCUT2D eigenvalue weighted by Gasteiger charge is -2.51. The Morgan fingerprint density at radius 1 is 1.28 bits per heavy atom. The molecule has 6 rings (SSSR count). The van der Waals surface area contributed by atoms with Crippen molar-refractivity contribution in [2.45, 2.75) is 94.2 Å². The van der Waals surface area contributed by atoms with E-state index in [9.17, 15) is 14.7 Å². The maximum absolute atomic E-state index is 13.6. The minimum absolute atomic E-state index is 0.00747. The Labute approximate surface area is 241 Å². The number of ether oxygens (including phenoxy) is 1. The number of halogens is 1. The molecular weight excluding hydrogens is 534 g/mol. The van der Waals surface area contributed by atoms with Crippen LogP contribution in [0, 0.1) is 30.1 Å². The highest BCUT2D eigenvalue weighted by Gasteiger charge is 2.51. The summed E-state index contributed by atoms with van der Waals surface area (Å²) in [4.78, 5) is 27.9. The Balaban J connectivity index is 1.15. The standard InChI is InChI=1S/C30H44ClN3O4S/c1-17-10-22(27-26(32-17)24(14-39-27)29(36)37)21-12-20(31)4-5-25(21)38-9-8-34-18(2)11-19-6-7-30(15-33(3)16-30)13-23(19)28(34)35/h11,17,20-22,24-27,32H,4-10,12-16H2,1-3H3,(H,36,37). The maximum atomic E-state index is 13.6. The van der Waals surface area contributed by atoms with Gasteiger partial charge in [-0.3, -0.25) is 9.59 Å². The van der Waals surface area contributed by atoms with Gasteiger partial charge in [-0.05, 0) is 89.3 Å². The molecule has 39 heavy (non-hydrogen) atoms. The number of pyridine rings is 1. The number of piperidine rings is 1. The lowest BCUT2D eigenvalue weighted by Crippen LogP contribution is -2.57.